The van der Waals surface area contributed by atoms with Crippen LogP contribution in [0.4, 0.5) is 11.6 Å². The summed E-state index contributed by atoms with van der Waals surface area (Å²) in [5, 5.41) is 22.1. The first-order chi connectivity index (χ1) is 12.7. The van der Waals surface area contributed by atoms with E-state index >= 15 is 0 Å². The second-order valence-corrected chi connectivity index (χ2v) is 6.22. The largest absolute Gasteiger partial charge is 0.352 e. The minimum Gasteiger partial charge on any atom is -0.352 e. The summed E-state index contributed by atoms with van der Waals surface area (Å²) in [5.41, 5.74) is 0.463. The van der Waals surface area contributed by atoms with Crippen LogP contribution in [0.15, 0.2) is 42.9 Å². The number of hydrogen-bond acceptors (Lipinski definition) is 7. The van der Waals surface area contributed by atoms with Crippen LogP contribution in [0.2, 0.25) is 5.02 Å². The monoisotopic (exact) mass is 366 g/mol. The molecule has 0 N–H and O–H groups in total. The van der Waals surface area contributed by atoms with Crippen molar-refractivity contribution in [1.29, 1.82) is 5.26 Å². The van der Waals surface area contributed by atoms with Gasteiger partial charge in [-0.05, 0) is 24.3 Å². The van der Waals surface area contributed by atoms with Crippen molar-refractivity contribution in [2.24, 2.45) is 0 Å². The van der Waals surface area contributed by atoms with Crippen LogP contribution in [0.5, 0.6) is 0 Å². The molecule has 0 radical (unpaired) electrons. The van der Waals surface area contributed by atoms with Crippen molar-refractivity contribution >= 4 is 23.2 Å². The van der Waals surface area contributed by atoms with Crippen molar-refractivity contribution in [3.63, 3.8) is 0 Å². The first-order valence-electron chi connectivity index (χ1n) is 8.14. The van der Waals surface area contributed by atoms with Crippen LogP contribution in [0.25, 0.3) is 5.82 Å². The fourth-order valence-corrected chi connectivity index (χ4v) is 3.17. The Morgan fingerprint density at radius 2 is 1.77 bits per heavy atom. The van der Waals surface area contributed by atoms with Crippen LogP contribution in [-0.4, -0.2) is 51.1 Å². The number of pyridine rings is 1. The number of halogens is 1. The van der Waals surface area contributed by atoms with Crippen molar-refractivity contribution in [3.8, 4) is 11.9 Å². The Morgan fingerprint density at radius 1 is 1.04 bits per heavy atom. The van der Waals surface area contributed by atoms with Crippen molar-refractivity contribution in [2.45, 2.75) is 0 Å². The average Bonchev–Trinajstić information content (AvgIpc) is 3.23. The van der Waals surface area contributed by atoms with Gasteiger partial charge in [-0.2, -0.15) is 10.4 Å². The molecular weight excluding hydrogens is 352 g/mol. The van der Waals surface area contributed by atoms with E-state index in [-0.39, 0.29) is 0 Å². The lowest BCUT2D eigenvalue weighted by molar-refractivity contribution is 0.637. The van der Waals surface area contributed by atoms with E-state index in [0.29, 0.717) is 22.2 Å². The number of anilines is 2. The van der Waals surface area contributed by atoms with Gasteiger partial charge in [0, 0.05) is 44.8 Å². The molecule has 3 aromatic rings. The smallest absolute Gasteiger partial charge is 0.175 e. The van der Waals surface area contributed by atoms with Crippen LogP contribution < -0.4 is 9.80 Å². The van der Waals surface area contributed by atoms with E-state index < -0.39 is 0 Å². The Hall–Kier alpha value is -3.18. The molecule has 0 aromatic carbocycles. The fourth-order valence-electron chi connectivity index (χ4n) is 2.89. The molecule has 0 bridgehead atoms. The molecule has 1 aliphatic rings. The van der Waals surface area contributed by atoms with E-state index in [1.807, 2.05) is 30.5 Å². The second kappa shape index (κ2) is 6.98. The summed E-state index contributed by atoms with van der Waals surface area (Å²) in [5.74, 6) is 2.23. The molecule has 1 saturated heterocycles. The van der Waals surface area contributed by atoms with Gasteiger partial charge in [0.05, 0.1) is 10.6 Å². The lowest BCUT2D eigenvalue weighted by atomic mass is 10.2. The molecule has 1 fully saturated rings. The molecule has 0 amide bonds. The summed E-state index contributed by atoms with van der Waals surface area (Å²) in [6, 6.07) is 9.39. The summed E-state index contributed by atoms with van der Waals surface area (Å²) in [6.45, 7) is 3.10. The van der Waals surface area contributed by atoms with E-state index in [0.717, 1.165) is 32.0 Å². The highest BCUT2D eigenvalue weighted by atomic mass is 35.5. The minimum atomic E-state index is 0.463. The average molecular weight is 367 g/mol. The lowest BCUT2D eigenvalue weighted by Gasteiger charge is -2.36. The number of hydrogen-bond donors (Lipinski definition) is 0. The SMILES string of the molecule is N#Cc1cnc(N2CCN(c3ccc(-n4cccn4)nn3)CC2)c(Cl)c1. The van der Waals surface area contributed by atoms with Gasteiger partial charge in [-0.25, -0.2) is 9.67 Å². The third kappa shape index (κ3) is 3.17. The number of rotatable bonds is 3. The quantitative estimate of drug-likeness (QED) is 0.699. The zero-order valence-corrected chi connectivity index (χ0v) is 14.6. The third-order valence-corrected chi connectivity index (χ3v) is 4.51. The van der Waals surface area contributed by atoms with Gasteiger partial charge in [0.15, 0.2) is 11.6 Å². The molecule has 8 nitrogen and oxygen atoms in total. The third-order valence-electron chi connectivity index (χ3n) is 4.23. The van der Waals surface area contributed by atoms with Gasteiger partial charge in [-0.15, -0.1) is 10.2 Å². The molecule has 0 unspecified atom stereocenters. The van der Waals surface area contributed by atoms with Gasteiger partial charge in [-0.3, -0.25) is 0 Å². The summed E-state index contributed by atoms with van der Waals surface area (Å²) < 4.78 is 1.67. The molecule has 0 atom stereocenters. The first kappa shape index (κ1) is 16.3. The van der Waals surface area contributed by atoms with Crippen molar-refractivity contribution < 1.29 is 0 Å². The first-order valence-corrected chi connectivity index (χ1v) is 8.52. The van der Waals surface area contributed by atoms with Crippen molar-refractivity contribution in [2.75, 3.05) is 36.0 Å². The molecular formula is C17H15ClN8. The maximum atomic E-state index is 8.92. The topological polar surface area (TPSA) is 86.8 Å². The summed E-state index contributed by atoms with van der Waals surface area (Å²) in [7, 11) is 0. The highest BCUT2D eigenvalue weighted by Gasteiger charge is 2.21. The molecule has 9 heteroatoms. The molecule has 1 aliphatic heterocycles. The molecule has 26 heavy (non-hydrogen) atoms. The van der Waals surface area contributed by atoms with Gasteiger partial charge in [0.25, 0.3) is 0 Å². The minimum absolute atomic E-state index is 0.463. The van der Waals surface area contributed by atoms with Crippen molar-refractivity contribution in [1.82, 2.24) is 25.0 Å². The Bertz CT molecular complexity index is 924. The zero-order chi connectivity index (χ0) is 17.9. The van der Waals surface area contributed by atoms with E-state index in [1.165, 1.54) is 0 Å². The van der Waals surface area contributed by atoms with E-state index in [1.54, 1.807) is 23.1 Å². The molecule has 4 heterocycles. The number of nitriles is 1. The standard InChI is InChI=1S/C17H15ClN8/c18-14-10-13(11-19)12-20-17(14)25-8-6-24(7-9-25)15-2-3-16(23-22-15)26-5-1-4-21-26/h1-5,10,12H,6-9H2. The molecule has 0 saturated carbocycles. The fraction of sp³-hybridized carbons (Fsp3) is 0.235. The molecule has 4 rings (SSSR count). The summed E-state index contributed by atoms with van der Waals surface area (Å²) in [6.07, 6.45) is 5.08. The molecule has 3 aromatic heterocycles. The van der Waals surface area contributed by atoms with Gasteiger partial charge in [0.1, 0.15) is 11.9 Å². The summed E-state index contributed by atoms with van der Waals surface area (Å²) in [4.78, 5) is 8.62. The Balaban J connectivity index is 1.43. The number of aromatic nitrogens is 5. The molecule has 0 aliphatic carbocycles. The maximum absolute atomic E-state index is 8.92. The molecule has 0 spiro atoms. The lowest BCUT2D eigenvalue weighted by Crippen LogP contribution is -2.47. The number of piperazine rings is 1. The molecule has 130 valence electrons. The summed E-state index contributed by atoms with van der Waals surface area (Å²) >= 11 is 6.26. The Morgan fingerprint density at radius 3 is 2.38 bits per heavy atom. The van der Waals surface area contributed by atoms with Gasteiger partial charge in [-0.1, -0.05) is 11.6 Å². The second-order valence-electron chi connectivity index (χ2n) is 5.82. The Kier molecular flexibility index (Phi) is 4.37. The van der Waals surface area contributed by atoms with Gasteiger partial charge >= 0.3 is 0 Å². The highest BCUT2D eigenvalue weighted by Crippen LogP contribution is 2.25. The maximum Gasteiger partial charge on any atom is 0.175 e. The van der Waals surface area contributed by atoms with Crippen LogP contribution in [0, 0.1) is 11.3 Å². The van der Waals surface area contributed by atoms with E-state index in [4.69, 9.17) is 16.9 Å². The zero-order valence-electron chi connectivity index (χ0n) is 13.8. The van der Waals surface area contributed by atoms with E-state index in [2.05, 4.69) is 30.1 Å². The van der Waals surface area contributed by atoms with Gasteiger partial charge < -0.3 is 9.80 Å². The normalized spacial score (nSPS) is 14.3. The van der Waals surface area contributed by atoms with Crippen molar-refractivity contribution in [3.05, 3.63) is 53.4 Å². The predicted octanol–water partition coefficient (Wildman–Crippen LogP) is 1.91. The van der Waals surface area contributed by atoms with Crippen LogP contribution >= 0.6 is 11.6 Å². The van der Waals surface area contributed by atoms with Crippen LogP contribution in [0.3, 0.4) is 0 Å². The number of nitrogens with zero attached hydrogens (tertiary/aromatic N) is 8. The predicted molar refractivity (Wildman–Crippen MR) is 97.5 cm³/mol. The van der Waals surface area contributed by atoms with E-state index in [9.17, 15) is 0 Å². The van der Waals surface area contributed by atoms with Gasteiger partial charge in [0.2, 0.25) is 0 Å². The van der Waals surface area contributed by atoms with Crippen LogP contribution in [0.1, 0.15) is 5.56 Å². The highest BCUT2D eigenvalue weighted by molar-refractivity contribution is 6.33. The Labute approximate surface area is 155 Å². The van der Waals surface area contributed by atoms with Crippen LogP contribution in [-0.2, 0) is 0 Å².